The second-order valence-corrected chi connectivity index (χ2v) is 9.15. The number of primary amides is 1. The minimum absolute atomic E-state index is 0.0425. The molecule has 2 amide bonds. The summed E-state index contributed by atoms with van der Waals surface area (Å²) in [5.74, 6) is 1.67. The number of carbonyl (C=O) groups is 2. The van der Waals surface area contributed by atoms with Gasteiger partial charge >= 0.3 is 5.91 Å². The van der Waals surface area contributed by atoms with Crippen molar-refractivity contribution in [3.05, 3.63) is 24.5 Å². The first-order valence-electron chi connectivity index (χ1n) is 11.3. The maximum absolute atomic E-state index is 13.0. The third-order valence-electron chi connectivity index (χ3n) is 6.78. The van der Waals surface area contributed by atoms with E-state index in [2.05, 4.69) is 25.3 Å². The molecule has 33 heavy (non-hydrogen) atoms. The monoisotopic (exact) mass is 450 g/mol. The van der Waals surface area contributed by atoms with Crippen molar-refractivity contribution in [2.75, 3.05) is 18.9 Å². The Morgan fingerprint density at radius 3 is 2.58 bits per heavy atom. The third-order valence-corrected chi connectivity index (χ3v) is 6.78. The van der Waals surface area contributed by atoms with Crippen molar-refractivity contribution in [2.24, 2.45) is 11.7 Å². The van der Waals surface area contributed by atoms with Crippen LogP contribution in [0.3, 0.4) is 0 Å². The predicted molar refractivity (Wildman–Crippen MR) is 121 cm³/mol. The Morgan fingerprint density at radius 1 is 1.21 bits per heavy atom. The lowest BCUT2D eigenvalue weighted by atomic mass is 10.1. The van der Waals surface area contributed by atoms with Crippen LogP contribution in [0.5, 0.6) is 0 Å². The van der Waals surface area contributed by atoms with Crippen LogP contribution in [0.15, 0.2) is 18.7 Å². The Hall–Kier alpha value is -3.47. The standard InChI is InChI=1S/C22H27N9O2/c1-4-30-20(14-8-24-12(2)25-9-14)29-17-19(26-11-27-21(17)30)28-15-7-16(18(23)32)31(3,10-15)22(33)13-5-6-13/h8-9,11,13,15-16H,4-7,10H2,1-3H3,(H2-,23,26,27,28,32)/p+1/t15-,16-,31?/m0/s1. The highest BCUT2D eigenvalue weighted by Crippen LogP contribution is 2.38. The number of anilines is 1. The maximum atomic E-state index is 13.0. The normalized spacial score (nSPS) is 24.8. The van der Waals surface area contributed by atoms with E-state index in [-0.39, 0.29) is 22.3 Å². The molecule has 3 N–H and O–H groups in total. The van der Waals surface area contributed by atoms with E-state index >= 15 is 0 Å². The molecule has 11 heteroatoms. The van der Waals surface area contributed by atoms with Crippen LogP contribution in [0.1, 0.15) is 32.0 Å². The van der Waals surface area contributed by atoms with Crippen molar-refractivity contribution in [1.82, 2.24) is 29.5 Å². The smallest absolute Gasteiger partial charge is 0.317 e. The number of aromatic nitrogens is 6. The average Bonchev–Trinajstić information content (AvgIpc) is 3.48. The topological polar surface area (TPSA) is 142 Å². The molecule has 172 valence electrons. The zero-order chi connectivity index (χ0) is 23.3. The third kappa shape index (κ3) is 3.62. The molecule has 1 saturated carbocycles. The molecule has 0 radical (unpaired) electrons. The van der Waals surface area contributed by atoms with Gasteiger partial charge in [-0.2, -0.15) is 0 Å². The van der Waals surface area contributed by atoms with Crippen LogP contribution >= 0.6 is 0 Å². The second kappa shape index (κ2) is 7.84. The van der Waals surface area contributed by atoms with Crippen LogP contribution in [0.4, 0.5) is 5.82 Å². The molecule has 5 rings (SSSR count). The predicted octanol–water partition coefficient (Wildman–Crippen LogP) is 1.03. The Labute approximate surface area is 191 Å². The Kier molecular flexibility index (Phi) is 5.08. The van der Waals surface area contributed by atoms with Gasteiger partial charge in [0.2, 0.25) is 0 Å². The fraction of sp³-hybridized carbons (Fsp3) is 0.500. The Balaban J connectivity index is 1.49. The number of quaternary nitrogens is 1. The molecule has 0 bridgehead atoms. The van der Waals surface area contributed by atoms with Crippen molar-refractivity contribution in [2.45, 2.75) is 51.7 Å². The molecule has 1 aliphatic heterocycles. The molecule has 1 aliphatic carbocycles. The number of likely N-dealkylation sites (N-methyl/N-ethyl adjacent to an activating group) is 1. The van der Waals surface area contributed by atoms with Gasteiger partial charge in [0.15, 0.2) is 23.0 Å². The lowest BCUT2D eigenvalue weighted by Crippen LogP contribution is -2.58. The first-order valence-corrected chi connectivity index (χ1v) is 11.3. The lowest BCUT2D eigenvalue weighted by molar-refractivity contribution is -0.838. The van der Waals surface area contributed by atoms with Gasteiger partial charge in [-0.25, -0.2) is 29.7 Å². The van der Waals surface area contributed by atoms with E-state index in [0.29, 0.717) is 48.1 Å². The number of amides is 2. The summed E-state index contributed by atoms with van der Waals surface area (Å²) in [6, 6.07) is -0.701. The summed E-state index contributed by atoms with van der Waals surface area (Å²) < 4.78 is 2.04. The minimum Gasteiger partial charge on any atom is -0.364 e. The summed E-state index contributed by atoms with van der Waals surface area (Å²) in [5, 5.41) is 3.43. The zero-order valence-electron chi connectivity index (χ0n) is 19.0. The molecule has 0 spiro atoms. The van der Waals surface area contributed by atoms with Crippen molar-refractivity contribution in [1.29, 1.82) is 0 Å². The average molecular weight is 451 g/mol. The van der Waals surface area contributed by atoms with Gasteiger partial charge in [-0.1, -0.05) is 0 Å². The minimum atomic E-state index is -0.554. The molecular weight excluding hydrogens is 422 g/mol. The van der Waals surface area contributed by atoms with Crippen LogP contribution < -0.4 is 11.1 Å². The van der Waals surface area contributed by atoms with E-state index in [9.17, 15) is 9.59 Å². The van der Waals surface area contributed by atoms with Gasteiger partial charge < -0.3 is 15.6 Å². The summed E-state index contributed by atoms with van der Waals surface area (Å²) in [6.07, 6.45) is 7.24. The Bertz CT molecular complexity index is 1230. The molecule has 1 unspecified atom stereocenters. The van der Waals surface area contributed by atoms with E-state index in [1.54, 1.807) is 12.4 Å². The van der Waals surface area contributed by atoms with E-state index in [1.807, 2.05) is 25.5 Å². The van der Waals surface area contributed by atoms with E-state index in [4.69, 9.17) is 10.7 Å². The second-order valence-electron chi connectivity index (χ2n) is 9.15. The quantitative estimate of drug-likeness (QED) is 0.531. The molecule has 2 fully saturated rings. The number of aryl methyl sites for hydroxylation is 2. The summed E-state index contributed by atoms with van der Waals surface area (Å²) in [6.45, 7) is 4.99. The van der Waals surface area contributed by atoms with Gasteiger partial charge in [-0.05, 0) is 26.7 Å². The van der Waals surface area contributed by atoms with Crippen molar-refractivity contribution >= 4 is 28.8 Å². The molecule has 0 aromatic carbocycles. The fourth-order valence-corrected chi connectivity index (χ4v) is 4.92. The number of fused-ring (bicyclic) bond motifs is 1. The highest BCUT2D eigenvalue weighted by Gasteiger charge is 2.55. The highest BCUT2D eigenvalue weighted by molar-refractivity contribution is 5.87. The number of nitrogens with one attached hydrogen (secondary N) is 1. The number of rotatable bonds is 6. The number of nitrogens with zero attached hydrogens (tertiary/aromatic N) is 7. The number of imidazole rings is 1. The number of nitrogens with two attached hydrogens (primary N) is 1. The van der Waals surface area contributed by atoms with Crippen LogP contribution in [0, 0.1) is 12.8 Å². The number of hydrogen-bond donors (Lipinski definition) is 2. The van der Waals surface area contributed by atoms with Gasteiger partial charge in [-0.15, -0.1) is 0 Å². The first kappa shape index (κ1) is 21.4. The molecule has 11 nitrogen and oxygen atoms in total. The molecule has 3 atom stereocenters. The highest BCUT2D eigenvalue weighted by atomic mass is 16.2. The summed E-state index contributed by atoms with van der Waals surface area (Å²) >= 11 is 0. The fourth-order valence-electron chi connectivity index (χ4n) is 4.92. The largest absolute Gasteiger partial charge is 0.364 e. The van der Waals surface area contributed by atoms with E-state index in [0.717, 1.165) is 18.4 Å². The van der Waals surface area contributed by atoms with Crippen molar-refractivity contribution < 1.29 is 14.1 Å². The molecule has 2 aliphatic rings. The van der Waals surface area contributed by atoms with Crippen LogP contribution in [0.2, 0.25) is 0 Å². The van der Waals surface area contributed by atoms with Gasteiger partial charge in [0.1, 0.15) is 24.5 Å². The van der Waals surface area contributed by atoms with E-state index < -0.39 is 11.9 Å². The van der Waals surface area contributed by atoms with Crippen LogP contribution in [-0.2, 0) is 16.1 Å². The van der Waals surface area contributed by atoms with Crippen LogP contribution in [0.25, 0.3) is 22.6 Å². The zero-order valence-corrected chi connectivity index (χ0v) is 19.0. The van der Waals surface area contributed by atoms with Crippen LogP contribution in [-0.4, -0.2) is 71.5 Å². The summed E-state index contributed by atoms with van der Waals surface area (Å²) in [4.78, 5) is 47.5. The summed E-state index contributed by atoms with van der Waals surface area (Å²) in [7, 11) is 1.83. The van der Waals surface area contributed by atoms with E-state index in [1.165, 1.54) is 6.33 Å². The lowest BCUT2D eigenvalue weighted by Gasteiger charge is -2.31. The first-order chi connectivity index (χ1) is 15.8. The van der Waals surface area contributed by atoms with Crippen molar-refractivity contribution in [3.8, 4) is 11.4 Å². The maximum Gasteiger partial charge on any atom is 0.317 e. The number of carbonyl (C=O) groups excluding carboxylic acids is 2. The van der Waals surface area contributed by atoms with Gasteiger partial charge in [-0.3, -0.25) is 9.28 Å². The number of likely N-dealkylation sites (tertiary alicyclic amines) is 1. The van der Waals surface area contributed by atoms with Gasteiger partial charge in [0, 0.05) is 25.4 Å². The molecule has 3 aromatic heterocycles. The van der Waals surface area contributed by atoms with Gasteiger partial charge in [0.05, 0.1) is 24.6 Å². The SMILES string of the molecule is CCn1c(-c2cnc(C)nc2)nc2c(N[C@H]3C[C@@H](C(N)=O)[N+](C)(C(=O)C4CC4)C3)ncnc21. The molecule has 4 heterocycles. The molecule has 3 aromatic rings. The summed E-state index contributed by atoms with van der Waals surface area (Å²) in [5.41, 5.74) is 7.82. The van der Waals surface area contributed by atoms with Crippen molar-refractivity contribution in [3.63, 3.8) is 0 Å². The Morgan fingerprint density at radius 2 is 1.94 bits per heavy atom. The molecule has 1 saturated heterocycles. The molecular formula is C22H28N9O2+. The number of hydrogen-bond acceptors (Lipinski definition) is 8. The van der Waals surface area contributed by atoms with Gasteiger partial charge in [0.25, 0.3) is 5.91 Å².